The zero-order valence-electron chi connectivity index (χ0n) is 22.0. The van der Waals surface area contributed by atoms with E-state index in [0.29, 0.717) is 32.1 Å². The van der Waals surface area contributed by atoms with Crippen LogP contribution in [0.3, 0.4) is 0 Å². The van der Waals surface area contributed by atoms with Crippen LogP contribution in [-0.4, -0.2) is 59.4 Å². The van der Waals surface area contributed by atoms with E-state index in [4.69, 9.17) is 19.0 Å². The molecular formula is C30H35N3O6. The quantitative estimate of drug-likeness (QED) is 0.273. The van der Waals surface area contributed by atoms with Crippen LogP contribution < -0.4 is 5.32 Å². The molecule has 39 heavy (non-hydrogen) atoms. The molecule has 9 nitrogen and oxygen atoms in total. The molecule has 206 valence electrons. The number of hydrogen-bond donors (Lipinski definition) is 2. The predicted molar refractivity (Wildman–Crippen MR) is 146 cm³/mol. The van der Waals surface area contributed by atoms with Crippen LogP contribution >= 0.6 is 0 Å². The Hall–Kier alpha value is -3.82. The smallest absolute Gasteiger partial charge is 0.303 e. The maximum Gasteiger partial charge on any atom is 0.303 e. The SMILES string of the molecule is O=C(O)CCCC/C=C(\c1ccc(-c2nc(C(=O)NCCOCC3CCCCO3)co2)cc1)c1cccnc1. The van der Waals surface area contributed by atoms with Crippen molar-refractivity contribution in [3.8, 4) is 11.5 Å². The van der Waals surface area contributed by atoms with Crippen molar-refractivity contribution in [3.05, 3.63) is 78.0 Å². The van der Waals surface area contributed by atoms with Gasteiger partial charge in [0.15, 0.2) is 5.69 Å². The molecule has 1 aromatic carbocycles. The van der Waals surface area contributed by atoms with Crippen LogP contribution in [0.2, 0.25) is 0 Å². The Morgan fingerprint density at radius 3 is 2.74 bits per heavy atom. The van der Waals surface area contributed by atoms with Gasteiger partial charge in [-0.3, -0.25) is 14.6 Å². The van der Waals surface area contributed by atoms with Gasteiger partial charge in [0.2, 0.25) is 5.89 Å². The molecule has 1 amide bonds. The number of benzene rings is 1. The maximum absolute atomic E-state index is 12.5. The number of carboxylic acid groups (broad SMARTS) is 1. The normalized spacial score (nSPS) is 15.7. The fourth-order valence-corrected chi connectivity index (χ4v) is 4.38. The van der Waals surface area contributed by atoms with Crippen LogP contribution in [0.1, 0.15) is 66.6 Å². The van der Waals surface area contributed by atoms with Crippen molar-refractivity contribution in [2.24, 2.45) is 0 Å². The lowest BCUT2D eigenvalue weighted by molar-refractivity contribution is -0.137. The molecule has 0 radical (unpaired) electrons. The van der Waals surface area contributed by atoms with Gasteiger partial charge >= 0.3 is 5.97 Å². The number of rotatable bonds is 14. The average molecular weight is 534 g/mol. The van der Waals surface area contributed by atoms with E-state index in [9.17, 15) is 9.59 Å². The third-order valence-corrected chi connectivity index (χ3v) is 6.46. The highest BCUT2D eigenvalue weighted by Gasteiger charge is 2.15. The first-order valence-electron chi connectivity index (χ1n) is 13.5. The first-order valence-corrected chi connectivity index (χ1v) is 13.5. The Kier molecular flexibility index (Phi) is 10.8. The zero-order valence-corrected chi connectivity index (χ0v) is 22.0. The number of oxazole rings is 1. The Bertz CT molecular complexity index is 1220. The third kappa shape index (κ3) is 8.87. The van der Waals surface area contributed by atoms with Gasteiger partial charge in [-0.25, -0.2) is 4.98 Å². The molecule has 1 fully saturated rings. The highest BCUT2D eigenvalue weighted by Crippen LogP contribution is 2.27. The highest BCUT2D eigenvalue weighted by atomic mass is 16.5. The van der Waals surface area contributed by atoms with Crippen LogP contribution in [-0.2, 0) is 14.3 Å². The van der Waals surface area contributed by atoms with Gasteiger partial charge in [0.25, 0.3) is 5.91 Å². The van der Waals surface area contributed by atoms with Gasteiger partial charge in [-0.2, -0.15) is 0 Å². The minimum Gasteiger partial charge on any atom is -0.481 e. The molecule has 9 heteroatoms. The molecule has 3 aromatic rings. The number of carbonyl (C=O) groups is 2. The summed E-state index contributed by atoms with van der Waals surface area (Å²) in [6.45, 7) is 2.12. The van der Waals surface area contributed by atoms with Gasteiger partial charge < -0.3 is 24.3 Å². The highest BCUT2D eigenvalue weighted by molar-refractivity contribution is 5.92. The van der Waals surface area contributed by atoms with Crippen molar-refractivity contribution < 1.29 is 28.6 Å². The number of carbonyl (C=O) groups excluding carboxylic acids is 1. The number of nitrogens with zero attached hydrogens (tertiary/aromatic N) is 2. The number of nitrogens with one attached hydrogen (secondary N) is 1. The molecule has 1 aliphatic rings. The van der Waals surface area contributed by atoms with E-state index in [2.05, 4.69) is 21.4 Å². The number of pyridine rings is 1. The number of ether oxygens (including phenoxy) is 2. The molecule has 1 aliphatic heterocycles. The van der Waals surface area contributed by atoms with Gasteiger partial charge in [-0.15, -0.1) is 0 Å². The van der Waals surface area contributed by atoms with Crippen molar-refractivity contribution in [3.63, 3.8) is 0 Å². The fourth-order valence-electron chi connectivity index (χ4n) is 4.38. The first-order chi connectivity index (χ1) is 19.1. The van der Waals surface area contributed by atoms with E-state index in [1.54, 1.807) is 6.20 Å². The second-order valence-corrected chi connectivity index (χ2v) is 9.43. The molecule has 1 unspecified atom stereocenters. The minimum atomic E-state index is -0.774. The number of aliphatic carboxylic acids is 1. The van der Waals surface area contributed by atoms with E-state index < -0.39 is 5.97 Å². The lowest BCUT2D eigenvalue weighted by Gasteiger charge is -2.22. The van der Waals surface area contributed by atoms with Crippen LogP contribution in [0.25, 0.3) is 17.0 Å². The minimum absolute atomic E-state index is 0.152. The zero-order chi connectivity index (χ0) is 27.3. The van der Waals surface area contributed by atoms with E-state index in [-0.39, 0.29) is 24.1 Å². The summed E-state index contributed by atoms with van der Waals surface area (Å²) in [6.07, 6.45) is 12.8. The summed E-state index contributed by atoms with van der Waals surface area (Å²) in [5.41, 5.74) is 3.96. The van der Waals surface area contributed by atoms with Gasteiger partial charge in [0.1, 0.15) is 6.26 Å². The molecule has 0 aliphatic carbocycles. The van der Waals surface area contributed by atoms with E-state index >= 15 is 0 Å². The summed E-state index contributed by atoms with van der Waals surface area (Å²) < 4.78 is 16.8. The van der Waals surface area contributed by atoms with Gasteiger partial charge in [0.05, 0.1) is 19.3 Å². The monoisotopic (exact) mass is 533 g/mol. The van der Waals surface area contributed by atoms with Crippen LogP contribution in [0, 0.1) is 0 Å². The fraction of sp³-hybridized carbons (Fsp3) is 0.400. The first kappa shape index (κ1) is 28.2. The lowest BCUT2D eigenvalue weighted by Crippen LogP contribution is -2.30. The summed E-state index contributed by atoms with van der Waals surface area (Å²) in [6, 6.07) is 11.6. The Balaban J connectivity index is 1.32. The Labute approximate surface area is 228 Å². The molecule has 2 N–H and O–H groups in total. The van der Waals surface area contributed by atoms with E-state index in [1.165, 1.54) is 12.7 Å². The molecule has 1 saturated heterocycles. The van der Waals surface area contributed by atoms with Crippen molar-refractivity contribution in [2.45, 2.75) is 51.0 Å². The van der Waals surface area contributed by atoms with Crippen LogP contribution in [0.15, 0.2) is 65.5 Å². The summed E-state index contributed by atoms with van der Waals surface area (Å²) >= 11 is 0. The van der Waals surface area contributed by atoms with E-state index in [1.807, 2.05) is 42.6 Å². The molecule has 0 bridgehead atoms. The topological polar surface area (TPSA) is 124 Å². The summed E-state index contributed by atoms with van der Waals surface area (Å²) in [4.78, 5) is 31.9. The van der Waals surface area contributed by atoms with Crippen molar-refractivity contribution >= 4 is 17.4 Å². The lowest BCUT2D eigenvalue weighted by atomic mass is 9.96. The third-order valence-electron chi connectivity index (χ3n) is 6.46. The number of aromatic nitrogens is 2. The number of carboxylic acids is 1. The van der Waals surface area contributed by atoms with Gasteiger partial charge in [0, 0.05) is 43.1 Å². The molecule has 0 spiro atoms. The molecule has 1 atom stereocenters. The molecule has 3 heterocycles. The number of hydrogen-bond acceptors (Lipinski definition) is 7. The molecular weight excluding hydrogens is 498 g/mol. The number of unbranched alkanes of at least 4 members (excludes halogenated alkanes) is 2. The summed E-state index contributed by atoms with van der Waals surface area (Å²) in [7, 11) is 0. The predicted octanol–water partition coefficient (Wildman–Crippen LogP) is 5.13. The van der Waals surface area contributed by atoms with Crippen molar-refractivity contribution in [1.29, 1.82) is 0 Å². The largest absolute Gasteiger partial charge is 0.481 e. The number of amides is 1. The summed E-state index contributed by atoms with van der Waals surface area (Å²) in [5, 5.41) is 11.7. The van der Waals surface area contributed by atoms with E-state index in [0.717, 1.165) is 54.6 Å². The second kappa shape index (κ2) is 14.9. The van der Waals surface area contributed by atoms with Gasteiger partial charge in [-0.05, 0) is 67.9 Å². The molecule has 0 saturated carbocycles. The van der Waals surface area contributed by atoms with Gasteiger partial charge in [-0.1, -0.05) is 24.3 Å². The molecule has 2 aromatic heterocycles. The Morgan fingerprint density at radius 1 is 1.13 bits per heavy atom. The average Bonchev–Trinajstić information content (AvgIpc) is 3.46. The van der Waals surface area contributed by atoms with Crippen LogP contribution in [0.4, 0.5) is 0 Å². The standard InChI is InChI=1S/C30H35N3O6/c34-28(35)10-3-1-2-9-26(24-7-6-15-31-19-24)22-11-13-23(14-12-22)30-33-27(21-39-30)29(36)32-16-18-37-20-25-8-4-5-17-38-25/h6-7,9,11-15,19,21,25H,1-5,8,10,16-18,20H2,(H,32,36)(H,34,35)/b26-9+. The summed E-state index contributed by atoms with van der Waals surface area (Å²) in [5.74, 6) is -0.731. The number of allylic oxidation sites excluding steroid dienone is 1. The Morgan fingerprint density at radius 2 is 2.00 bits per heavy atom. The van der Waals surface area contributed by atoms with Crippen LogP contribution in [0.5, 0.6) is 0 Å². The molecule has 4 rings (SSSR count). The van der Waals surface area contributed by atoms with Crippen molar-refractivity contribution in [2.75, 3.05) is 26.4 Å². The maximum atomic E-state index is 12.5. The second-order valence-electron chi connectivity index (χ2n) is 9.43. The van der Waals surface area contributed by atoms with Crippen molar-refractivity contribution in [1.82, 2.24) is 15.3 Å².